The molecule has 19 heavy (non-hydrogen) atoms. The third kappa shape index (κ3) is 4.29. The third-order valence-corrected chi connectivity index (χ3v) is 5.38. The van der Waals surface area contributed by atoms with Crippen LogP contribution in [0.15, 0.2) is 28.7 Å². The van der Waals surface area contributed by atoms with Crippen molar-refractivity contribution < 1.29 is 8.42 Å². The molecule has 0 radical (unpaired) electrons. The number of sulfone groups is 1. The lowest BCUT2D eigenvalue weighted by Crippen LogP contribution is -2.46. The Morgan fingerprint density at radius 3 is 2.58 bits per heavy atom. The number of benzene rings is 1. The van der Waals surface area contributed by atoms with E-state index < -0.39 is 9.84 Å². The van der Waals surface area contributed by atoms with Crippen molar-refractivity contribution in [3.05, 3.63) is 34.3 Å². The van der Waals surface area contributed by atoms with E-state index in [0.717, 1.165) is 12.8 Å². The van der Waals surface area contributed by atoms with Crippen LogP contribution in [0.2, 0.25) is 0 Å². The fourth-order valence-corrected chi connectivity index (χ4v) is 4.33. The molecular weight excluding hydrogens is 326 g/mol. The number of hydrogen-bond donors (Lipinski definition) is 1. The molecule has 0 amide bonds. The summed E-state index contributed by atoms with van der Waals surface area (Å²) in [6, 6.07) is 8.78. The van der Waals surface area contributed by atoms with Crippen molar-refractivity contribution in [2.45, 2.75) is 37.8 Å². The molecule has 1 fully saturated rings. The van der Waals surface area contributed by atoms with Crippen molar-refractivity contribution in [2.24, 2.45) is 0 Å². The van der Waals surface area contributed by atoms with Gasteiger partial charge < -0.3 is 5.32 Å². The molecule has 1 aliphatic rings. The Bertz CT molecular complexity index is 538. The topological polar surface area (TPSA) is 46.2 Å². The minimum absolute atomic E-state index is 0.0279. The molecule has 0 heterocycles. The second kappa shape index (κ2) is 5.94. The summed E-state index contributed by atoms with van der Waals surface area (Å²) in [6.45, 7) is 1.94. The average Bonchev–Trinajstić information content (AvgIpc) is 2.22. The van der Waals surface area contributed by atoms with E-state index in [1.165, 1.54) is 16.3 Å². The van der Waals surface area contributed by atoms with Crippen LogP contribution in [-0.2, 0) is 9.84 Å². The van der Waals surface area contributed by atoms with Gasteiger partial charge in [-0.05, 0) is 37.3 Å². The van der Waals surface area contributed by atoms with E-state index in [1.807, 2.05) is 13.0 Å². The SMILES string of the molecule is CC(CS(C)(=O)=O)NC1CC(c2ccccc2Br)C1. The number of rotatable bonds is 5. The molecule has 1 unspecified atom stereocenters. The lowest BCUT2D eigenvalue weighted by Gasteiger charge is -2.38. The Labute approximate surface area is 123 Å². The van der Waals surface area contributed by atoms with Crippen LogP contribution in [0.25, 0.3) is 0 Å². The Balaban J connectivity index is 1.82. The molecule has 1 saturated carbocycles. The molecule has 2 rings (SSSR count). The highest BCUT2D eigenvalue weighted by molar-refractivity contribution is 9.10. The lowest BCUT2D eigenvalue weighted by atomic mass is 9.75. The molecule has 1 aliphatic carbocycles. The molecule has 106 valence electrons. The smallest absolute Gasteiger partial charge is 0.148 e. The normalized spacial score (nSPS) is 24.8. The van der Waals surface area contributed by atoms with Gasteiger partial charge in [-0.25, -0.2) is 8.42 Å². The van der Waals surface area contributed by atoms with E-state index in [1.54, 1.807) is 0 Å². The van der Waals surface area contributed by atoms with E-state index >= 15 is 0 Å². The molecule has 0 aliphatic heterocycles. The average molecular weight is 346 g/mol. The highest BCUT2D eigenvalue weighted by Gasteiger charge is 2.32. The van der Waals surface area contributed by atoms with Gasteiger partial charge in [0.05, 0.1) is 5.75 Å². The van der Waals surface area contributed by atoms with E-state index in [0.29, 0.717) is 12.0 Å². The number of halogens is 1. The first kappa shape index (κ1) is 15.0. The maximum atomic E-state index is 11.2. The quantitative estimate of drug-likeness (QED) is 0.892. The lowest BCUT2D eigenvalue weighted by molar-refractivity contribution is 0.275. The summed E-state index contributed by atoms with van der Waals surface area (Å²) >= 11 is 3.58. The van der Waals surface area contributed by atoms with Crippen molar-refractivity contribution in [3.8, 4) is 0 Å². The fraction of sp³-hybridized carbons (Fsp3) is 0.571. The molecule has 1 aromatic rings. The van der Waals surface area contributed by atoms with Gasteiger partial charge >= 0.3 is 0 Å². The first-order chi connectivity index (χ1) is 8.85. The monoisotopic (exact) mass is 345 g/mol. The Morgan fingerprint density at radius 2 is 2.00 bits per heavy atom. The Hall–Kier alpha value is -0.390. The standard InChI is InChI=1S/C14H20BrNO2S/c1-10(9-19(2,17)18)16-12-7-11(8-12)13-5-3-4-6-14(13)15/h3-6,10-12,16H,7-9H2,1-2H3. The minimum Gasteiger partial charge on any atom is -0.310 e. The van der Waals surface area contributed by atoms with E-state index in [9.17, 15) is 8.42 Å². The maximum Gasteiger partial charge on any atom is 0.148 e. The van der Waals surface area contributed by atoms with Crippen LogP contribution in [0, 0.1) is 0 Å². The second-order valence-corrected chi connectivity index (χ2v) is 8.59. The van der Waals surface area contributed by atoms with Gasteiger partial charge in [0, 0.05) is 22.8 Å². The summed E-state index contributed by atoms with van der Waals surface area (Å²) in [5, 5.41) is 3.40. The van der Waals surface area contributed by atoms with Gasteiger partial charge in [0.15, 0.2) is 0 Å². The van der Waals surface area contributed by atoms with Crippen LogP contribution in [0.1, 0.15) is 31.2 Å². The van der Waals surface area contributed by atoms with Crippen LogP contribution >= 0.6 is 15.9 Å². The van der Waals surface area contributed by atoms with Crippen molar-refractivity contribution in [3.63, 3.8) is 0 Å². The van der Waals surface area contributed by atoms with Crippen molar-refractivity contribution in [1.29, 1.82) is 0 Å². The molecule has 0 aromatic heterocycles. The molecule has 0 spiro atoms. The van der Waals surface area contributed by atoms with Crippen LogP contribution in [-0.4, -0.2) is 32.5 Å². The minimum atomic E-state index is -2.90. The molecule has 3 nitrogen and oxygen atoms in total. The summed E-state index contributed by atoms with van der Waals surface area (Å²) in [5.41, 5.74) is 1.36. The van der Waals surface area contributed by atoms with Gasteiger partial charge in [-0.1, -0.05) is 34.1 Å². The first-order valence-electron chi connectivity index (χ1n) is 6.53. The predicted octanol–water partition coefficient (Wildman–Crippen LogP) is 2.72. The van der Waals surface area contributed by atoms with Crippen LogP contribution in [0.3, 0.4) is 0 Å². The van der Waals surface area contributed by atoms with E-state index in [-0.39, 0.29) is 11.8 Å². The van der Waals surface area contributed by atoms with Crippen LogP contribution in [0.4, 0.5) is 0 Å². The molecule has 1 aromatic carbocycles. The van der Waals surface area contributed by atoms with E-state index in [4.69, 9.17) is 0 Å². The molecule has 0 saturated heterocycles. The molecule has 1 N–H and O–H groups in total. The summed E-state index contributed by atoms with van der Waals surface area (Å²) < 4.78 is 23.6. The fourth-order valence-electron chi connectivity index (χ4n) is 2.72. The number of nitrogens with one attached hydrogen (secondary N) is 1. The van der Waals surface area contributed by atoms with Crippen LogP contribution in [0.5, 0.6) is 0 Å². The predicted molar refractivity (Wildman–Crippen MR) is 82.2 cm³/mol. The van der Waals surface area contributed by atoms with Gasteiger partial charge in [0.1, 0.15) is 9.84 Å². The van der Waals surface area contributed by atoms with Gasteiger partial charge in [0.25, 0.3) is 0 Å². The van der Waals surface area contributed by atoms with Crippen molar-refractivity contribution in [2.75, 3.05) is 12.0 Å². The zero-order valence-electron chi connectivity index (χ0n) is 11.3. The third-order valence-electron chi connectivity index (χ3n) is 3.56. The van der Waals surface area contributed by atoms with Gasteiger partial charge in [0.2, 0.25) is 0 Å². The highest BCUT2D eigenvalue weighted by atomic mass is 79.9. The van der Waals surface area contributed by atoms with Gasteiger partial charge in [-0.15, -0.1) is 0 Å². The molecular formula is C14H20BrNO2S. The summed E-state index contributed by atoms with van der Waals surface area (Å²) in [5.74, 6) is 0.793. The largest absolute Gasteiger partial charge is 0.310 e. The molecule has 5 heteroatoms. The van der Waals surface area contributed by atoms with Gasteiger partial charge in [-0.2, -0.15) is 0 Å². The maximum absolute atomic E-state index is 11.2. The zero-order valence-corrected chi connectivity index (χ0v) is 13.7. The Morgan fingerprint density at radius 1 is 1.37 bits per heavy atom. The van der Waals surface area contributed by atoms with Crippen LogP contribution < -0.4 is 5.32 Å². The van der Waals surface area contributed by atoms with E-state index in [2.05, 4.69) is 39.4 Å². The van der Waals surface area contributed by atoms with Gasteiger partial charge in [-0.3, -0.25) is 0 Å². The summed E-state index contributed by atoms with van der Waals surface area (Å²) in [7, 11) is -2.90. The zero-order chi connectivity index (χ0) is 14.0. The highest BCUT2D eigenvalue weighted by Crippen LogP contribution is 2.40. The molecule has 0 bridgehead atoms. The second-order valence-electron chi connectivity index (χ2n) is 5.55. The summed E-state index contributed by atoms with van der Waals surface area (Å²) in [4.78, 5) is 0. The van der Waals surface area contributed by atoms with Crippen molar-refractivity contribution in [1.82, 2.24) is 5.32 Å². The first-order valence-corrected chi connectivity index (χ1v) is 9.38. The Kier molecular flexibility index (Phi) is 4.69. The van der Waals surface area contributed by atoms with Crippen molar-refractivity contribution >= 4 is 25.8 Å². The number of hydrogen-bond acceptors (Lipinski definition) is 3. The molecule has 1 atom stereocenters. The summed E-state index contributed by atoms with van der Waals surface area (Å²) in [6.07, 6.45) is 3.45.